The van der Waals surface area contributed by atoms with Gasteiger partial charge in [0, 0.05) is 6.54 Å². The Hall–Kier alpha value is -1.54. The normalized spacial score (nSPS) is 18.8. The van der Waals surface area contributed by atoms with E-state index < -0.39 is 30.5 Å². The van der Waals surface area contributed by atoms with Gasteiger partial charge in [-0.15, -0.1) is 12.4 Å². The number of benzene rings is 1. The molecule has 0 bridgehead atoms. The Balaban J connectivity index is 0.00000200. The number of anilines is 2. The van der Waals surface area contributed by atoms with Gasteiger partial charge in [-0.3, -0.25) is 4.79 Å². The fourth-order valence-corrected chi connectivity index (χ4v) is 1.89. The summed E-state index contributed by atoms with van der Waals surface area (Å²) in [4.78, 5) is 12.4. The van der Waals surface area contributed by atoms with Crippen molar-refractivity contribution in [2.75, 3.05) is 23.3 Å². The van der Waals surface area contributed by atoms with Crippen LogP contribution >= 0.6 is 12.4 Å². The van der Waals surface area contributed by atoms with Gasteiger partial charge in [0.1, 0.15) is 18.4 Å². The number of halogens is 5. The Morgan fingerprint density at radius 1 is 1.40 bits per heavy atom. The summed E-state index contributed by atoms with van der Waals surface area (Å²) in [7, 11) is 0. The number of alkyl halides is 3. The smallest absolute Gasteiger partial charge is 0.359 e. The number of rotatable bonds is 1. The van der Waals surface area contributed by atoms with E-state index in [9.17, 15) is 22.4 Å². The summed E-state index contributed by atoms with van der Waals surface area (Å²) >= 11 is 0. The van der Waals surface area contributed by atoms with Crippen LogP contribution in [-0.2, 0) is 4.79 Å². The van der Waals surface area contributed by atoms with Crippen LogP contribution in [0.25, 0.3) is 0 Å². The highest BCUT2D eigenvalue weighted by Crippen LogP contribution is 2.31. The van der Waals surface area contributed by atoms with Gasteiger partial charge in [0.2, 0.25) is 5.91 Å². The molecule has 2 rings (SSSR count). The van der Waals surface area contributed by atoms with Gasteiger partial charge in [-0.1, -0.05) is 0 Å². The number of nitrogens with two attached hydrogens (primary N) is 1. The first kappa shape index (κ1) is 16.5. The van der Waals surface area contributed by atoms with E-state index in [0.717, 1.165) is 17.0 Å². The number of amides is 1. The molecule has 4 nitrogen and oxygen atoms in total. The van der Waals surface area contributed by atoms with Crippen molar-refractivity contribution in [3.05, 3.63) is 24.0 Å². The molecule has 0 saturated heterocycles. The molecule has 1 atom stereocenters. The zero-order valence-corrected chi connectivity index (χ0v) is 10.9. The molecule has 1 aliphatic heterocycles. The molecule has 0 fully saturated rings. The minimum atomic E-state index is -4.45. The van der Waals surface area contributed by atoms with Gasteiger partial charge in [0.15, 0.2) is 0 Å². The fraction of sp³-hybridized carbons (Fsp3) is 0.364. The third-order valence-electron chi connectivity index (χ3n) is 2.68. The molecule has 1 unspecified atom stereocenters. The van der Waals surface area contributed by atoms with E-state index in [1.165, 1.54) is 6.07 Å². The molecular weight excluding hydrogens is 302 g/mol. The van der Waals surface area contributed by atoms with Crippen LogP contribution in [0.15, 0.2) is 18.2 Å². The van der Waals surface area contributed by atoms with Crippen LogP contribution in [0.3, 0.4) is 0 Å². The van der Waals surface area contributed by atoms with Crippen molar-refractivity contribution in [3.8, 4) is 0 Å². The Kier molecular flexibility index (Phi) is 4.82. The predicted molar refractivity (Wildman–Crippen MR) is 68.5 cm³/mol. The second-order valence-electron chi connectivity index (χ2n) is 4.25. The number of nitrogens with one attached hydrogen (secondary N) is 1. The number of nitrogens with zero attached hydrogens (tertiary/aromatic N) is 1. The van der Waals surface area contributed by atoms with Crippen molar-refractivity contribution in [3.63, 3.8) is 0 Å². The lowest BCUT2D eigenvalue weighted by molar-refractivity contribution is -0.121. The van der Waals surface area contributed by atoms with Crippen molar-refractivity contribution >= 4 is 29.7 Å². The zero-order valence-electron chi connectivity index (χ0n) is 10.1. The summed E-state index contributed by atoms with van der Waals surface area (Å²) in [6.45, 7) is -1.54. The average molecular weight is 314 g/mol. The van der Waals surface area contributed by atoms with E-state index in [2.05, 4.69) is 5.32 Å². The molecule has 1 aromatic rings. The molecule has 1 aromatic carbocycles. The van der Waals surface area contributed by atoms with Crippen LogP contribution in [-0.4, -0.2) is 31.2 Å². The second-order valence-corrected chi connectivity index (χ2v) is 4.25. The molecule has 112 valence electrons. The zero-order chi connectivity index (χ0) is 14.2. The van der Waals surface area contributed by atoms with Gasteiger partial charge in [0.05, 0.1) is 11.4 Å². The maximum absolute atomic E-state index is 13.1. The monoisotopic (exact) mass is 313 g/mol. The van der Waals surface area contributed by atoms with E-state index >= 15 is 0 Å². The molecule has 0 spiro atoms. The Morgan fingerprint density at radius 2 is 2.05 bits per heavy atom. The number of carbonyl (C=O) groups excluding carboxylic acids is 1. The fourth-order valence-electron chi connectivity index (χ4n) is 1.89. The van der Waals surface area contributed by atoms with Crippen molar-refractivity contribution in [1.82, 2.24) is 0 Å². The van der Waals surface area contributed by atoms with Crippen molar-refractivity contribution < 1.29 is 22.4 Å². The lowest BCUT2D eigenvalue weighted by atomic mass is 10.2. The largest absolute Gasteiger partial charge is 0.405 e. The highest BCUT2D eigenvalue weighted by molar-refractivity contribution is 5.99. The molecule has 0 saturated carbocycles. The van der Waals surface area contributed by atoms with Crippen LogP contribution in [0, 0.1) is 5.82 Å². The maximum atomic E-state index is 13.1. The van der Waals surface area contributed by atoms with Crippen LogP contribution < -0.4 is 16.0 Å². The van der Waals surface area contributed by atoms with Gasteiger partial charge >= 0.3 is 6.18 Å². The highest BCUT2D eigenvalue weighted by atomic mass is 35.5. The van der Waals surface area contributed by atoms with Crippen LogP contribution in [0.5, 0.6) is 0 Å². The third kappa shape index (κ3) is 3.73. The summed E-state index contributed by atoms with van der Waals surface area (Å²) in [6, 6.07) is 2.08. The van der Waals surface area contributed by atoms with Gasteiger partial charge in [-0.2, -0.15) is 13.2 Å². The molecule has 20 heavy (non-hydrogen) atoms. The molecule has 0 aliphatic carbocycles. The maximum Gasteiger partial charge on any atom is 0.405 e. The second kappa shape index (κ2) is 5.84. The number of hydrogen-bond acceptors (Lipinski definition) is 3. The van der Waals surface area contributed by atoms with Crippen LogP contribution in [0.1, 0.15) is 0 Å². The quantitative estimate of drug-likeness (QED) is 0.779. The van der Waals surface area contributed by atoms with Crippen LogP contribution in [0.2, 0.25) is 0 Å². The first-order chi connectivity index (χ1) is 8.76. The first-order valence-corrected chi connectivity index (χ1v) is 5.44. The van der Waals surface area contributed by atoms with Gasteiger partial charge < -0.3 is 16.0 Å². The van der Waals surface area contributed by atoms with Gasteiger partial charge in [-0.05, 0) is 18.2 Å². The van der Waals surface area contributed by atoms with Gasteiger partial charge in [-0.25, -0.2) is 4.39 Å². The van der Waals surface area contributed by atoms with Crippen molar-refractivity contribution in [1.29, 1.82) is 0 Å². The third-order valence-corrected chi connectivity index (χ3v) is 2.68. The SMILES string of the molecule is Cl.NC1CN(CC(F)(F)F)c2ccc(F)cc2NC1=O. The molecule has 0 aromatic heterocycles. The molecular formula is C11H12ClF4N3O. The standard InChI is InChI=1S/C11H11F4N3O.ClH/c12-6-1-2-9-8(3-6)17-10(19)7(16)4-18(9)5-11(13,14)15;/h1-3,7H,4-5,16H2,(H,17,19);1H. The van der Waals surface area contributed by atoms with Crippen molar-refractivity contribution in [2.24, 2.45) is 5.73 Å². The minimum Gasteiger partial charge on any atom is -0.359 e. The number of fused-ring (bicyclic) bond motifs is 1. The highest BCUT2D eigenvalue weighted by Gasteiger charge is 2.35. The lowest BCUT2D eigenvalue weighted by Crippen LogP contribution is -2.45. The summed E-state index contributed by atoms with van der Waals surface area (Å²) < 4.78 is 50.6. The van der Waals surface area contributed by atoms with Crippen molar-refractivity contribution in [2.45, 2.75) is 12.2 Å². The van der Waals surface area contributed by atoms with Gasteiger partial charge in [0.25, 0.3) is 0 Å². The average Bonchev–Trinajstić information content (AvgIpc) is 2.35. The van der Waals surface area contributed by atoms with E-state index in [1.54, 1.807) is 0 Å². The molecule has 9 heteroatoms. The molecule has 0 radical (unpaired) electrons. The Labute approximate surface area is 118 Å². The molecule has 3 N–H and O–H groups in total. The Bertz CT molecular complexity index is 509. The summed E-state index contributed by atoms with van der Waals surface area (Å²) in [5.41, 5.74) is 5.58. The minimum absolute atomic E-state index is 0. The topological polar surface area (TPSA) is 58.4 Å². The number of carbonyl (C=O) groups is 1. The molecule has 1 amide bonds. The summed E-state index contributed by atoms with van der Waals surface area (Å²) in [5, 5.41) is 2.32. The molecule has 1 aliphatic rings. The number of hydrogen-bond donors (Lipinski definition) is 2. The van der Waals surface area contributed by atoms with Crippen LogP contribution in [0.4, 0.5) is 28.9 Å². The first-order valence-electron chi connectivity index (χ1n) is 5.44. The van der Waals surface area contributed by atoms with E-state index in [1.807, 2.05) is 0 Å². The Morgan fingerprint density at radius 3 is 2.65 bits per heavy atom. The molecule has 1 heterocycles. The van der Waals surface area contributed by atoms with E-state index in [0.29, 0.717) is 0 Å². The van der Waals surface area contributed by atoms with E-state index in [4.69, 9.17) is 5.73 Å². The lowest BCUT2D eigenvalue weighted by Gasteiger charge is -2.26. The summed E-state index contributed by atoms with van der Waals surface area (Å²) in [6.07, 6.45) is -4.45. The van der Waals surface area contributed by atoms with E-state index in [-0.39, 0.29) is 30.3 Å². The summed E-state index contributed by atoms with van der Waals surface area (Å²) in [5.74, 6) is -1.29. The predicted octanol–water partition coefficient (Wildman–Crippen LogP) is 1.90.